The van der Waals surface area contributed by atoms with Gasteiger partial charge in [-0.3, -0.25) is 4.98 Å². The summed E-state index contributed by atoms with van der Waals surface area (Å²) < 4.78 is 68.9. The predicted octanol–water partition coefficient (Wildman–Crippen LogP) is 5.66. The number of nitrogens with zero attached hydrogens (tertiary/aromatic N) is 6. The van der Waals surface area contributed by atoms with Gasteiger partial charge in [0.25, 0.3) is 0 Å². The van der Waals surface area contributed by atoms with E-state index in [9.17, 15) is 22.6 Å². The third-order valence-corrected chi connectivity index (χ3v) is 7.52. The molecule has 13 heteroatoms. The molecule has 1 N–H and O–H groups in total. The average molecular weight is 538 g/mol. The molecule has 1 fully saturated rings. The van der Waals surface area contributed by atoms with E-state index in [-0.39, 0.29) is 50.0 Å². The Morgan fingerprint density at radius 3 is 2.61 bits per heavy atom. The van der Waals surface area contributed by atoms with Gasteiger partial charge in [0.15, 0.2) is 10.8 Å². The summed E-state index contributed by atoms with van der Waals surface area (Å²) in [7, 11) is -3.79. The molecular formula is C25H18F3N7O2S. The number of pyridine rings is 3. The van der Waals surface area contributed by atoms with Crippen LogP contribution in [0.3, 0.4) is 0 Å². The Morgan fingerprint density at radius 1 is 1.16 bits per heavy atom. The van der Waals surface area contributed by atoms with E-state index in [4.69, 9.17) is 9.52 Å². The van der Waals surface area contributed by atoms with Gasteiger partial charge in [0.05, 0.1) is 17.0 Å². The largest absolute Gasteiger partial charge is 0.436 e. The second-order valence-corrected chi connectivity index (χ2v) is 10.6. The van der Waals surface area contributed by atoms with E-state index >= 15 is 0 Å². The van der Waals surface area contributed by atoms with Gasteiger partial charge < -0.3 is 4.74 Å². The maximum atomic E-state index is 13.7. The highest BCUT2D eigenvalue weighted by Crippen LogP contribution is 2.47. The summed E-state index contributed by atoms with van der Waals surface area (Å²) in [5, 5.41) is 16.6. The molecule has 0 aliphatic heterocycles. The van der Waals surface area contributed by atoms with Crippen molar-refractivity contribution in [1.82, 2.24) is 25.1 Å². The average Bonchev–Trinajstić information content (AvgIpc) is 3.75. The summed E-state index contributed by atoms with van der Waals surface area (Å²) in [5.74, 6) is -0.429. The van der Waals surface area contributed by atoms with Gasteiger partial charge in [-0.2, -0.15) is 23.5 Å². The van der Waals surface area contributed by atoms with Crippen LogP contribution in [0.25, 0.3) is 11.3 Å². The van der Waals surface area contributed by atoms with Crippen molar-refractivity contribution >= 4 is 9.73 Å². The standard InChI is InChI=1S/C25H18F3N7O2S/c1-14-9-20(25(26,27)28)34-22(16-4-5-16)23(14)37-24-19(38(30,36)21-3-2-8-32-35-21)7-6-18(33-24)17-10-15(11-29)12-31-13-17/h2-3,6-10,12-13,16,30H,4-5H2,1H3. The summed E-state index contributed by atoms with van der Waals surface area (Å²) in [6.45, 7) is 1.46. The fourth-order valence-electron chi connectivity index (χ4n) is 3.77. The van der Waals surface area contributed by atoms with Crippen molar-refractivity contribution in [2.45, 2.75) is 41.8 Å². The summed E-state index contributed by atoms with van der Waals surface area (Å²) in [5.41, 5.74) is 0.262. The first-order valence-electron chi connectivity index (χ1n) is 11.3. The molecule has 1 saturated carbocycles. The van der Waals surface area contributed by atoms with Crippen LogP contribution < -0.4 is 4.74 Å². The lowest BCUT2D eigenvalue weighted by atomic mass is 10.1. The Labute approximate surface area is 215 Å². The molecule has 1 atom stereocenters. The van der Waals surface area contributed by atoms with Gasteiger partial charge in [-0.05, 0) is 61.7 Å². The molecule has 5 rings (SSSR count). The minimum atomic E-state index is -4.64. The van der Waals surface area contributed by atoms with Gasteiger partial charge in [-0.1, -0.05) is 0 Å². The molecule has 0 bridgehead atoms. The smallest absolute Gasteiger partial charge is 0.433 e. The number of aromatic nitrogens is 5. The Balaban J connectivity index is 1.69. The number of alkyl halides is 3. The Hall–Kier alpha value is -4.44. The van der Waals surface area contributed by atoms with Crippen LogP contribution in [-0.4, -0.2) is 29.4 Å². The molecule has 1 unspecified atom stereocenters. The zero-order valence-electron chi connectivity index (χ0n) is 19.7. The first-order valence-corrected chi connectivity index (χ1v) is 12.8. The molecule has 192 valence electrons. The molecule has 9 nitrogen and oxygen atoms in total. The fourth-order valence-corrected chi connectivity index (χ4v) is 5.02. The lowest BCUT2D eigenvalue weighted by Crippen LogP contribution is -2.12. The van der Waals surface area contributed by atoms with Crippen LogP contribution in [0.2, 0.25) is 0 Å². The zero-order chi connectivity index (χ0) is 27.1. The van der Waals surface area contributed by atoms with E-state index in [1.54, 1.807) is 6.07 Å². The maximum Gasteiger partial charge on any atom is 0.433 e. The number of nitrogens with one attached hydrogen (secondary N) is 1. The van der Waals surface area contributed by atoms with Gasteiger partial charge >= 0.3 is 6.18 Å². The minimum Gasteiger partial charge on any atom is -0.436 e. The van der Waals surface area contributed by atoms with Crippen molar-refractivity contribution < 1.29 is 22.1 Å². The van der Waals surface area contributed by atoms with Crippen molar-refractivity contribution in [3.63, 3.8) is 0 Å². The monoisotopic (exact) mass is 537 g/mol. The van der Waals surface area contributed by atoms with E-state index in [1.165, 1.54) is 49.8 Å². The summed E-state index contributed by atoms with van der Waals surface area (Å²) in [4.78, 5) is 12.2. The van der Waals surface area contributed by atoms with Crippen molar-refractivity contribution in [2.24, 2.45) is 0 Å². The maximum absolute atomic E-state index is 13.7. The number of rotatable bonds is 6. The van der Waals surface area contributed by atoms with Gasteiger partial charge in [0.1, 0.15) is 26.4 Å². The van der Waals surface area contributed by atoms with Crippen LogP contribution in [0.5, 0.6) is 11.6 Å². The number of halogens is 3. The second kappa shape index (κ2) is 9.46. The number of ether oxygens (including phenoxy) is 1. The quantitative estimate of drug-likeness (QED) is 0.332. The number of hydrogen-bond donors (Lipinski definition) is 1. The molecule has 0 amide bonds. The number of hydrogen-bond acceptors (Lipinski definition) is 9. The van der Waals surface area contributed by atoms with Crippen LogP contribution in [0, 0.1) is 23.0 Å². The predicted molar refractivity (Wildman–Crippen MR) is 128 cm³/mol. The van der Waals surface area contributed by atoms with Crippen molar-refractivity contribution in [3.05, 3.63) is 77.5 Å². The molecule has 0 aromatic carbocycles. The van der Waals surface area contributed by atoms with E-state index < -0.39 is 21.6 Å². The van der Waals surface area contributed by atoms with Gasteiger partial charge in [-0.25, -0.2) is 19.0 Å². The topological polar surface area (TPSA) is 138 Å². The second-order valence-electron chi connectivity index (χ2n) is 8.60. The van der Waals surface area contributed by atoms with Crippen molar-refractivity contribution in [2.75, 3.05) is 0 Å². The van der Waals surface area contributed by atoms with Gasteiger partial charge in [0.2, 0.25) is 5.88 Å². The lowest BCUT2D eigenvalue weighted by Gasteiger charge is -2.18. The van der Waals surface area contributed by atoms with Gasteiger partial charge in [0, 0.05) is 30.1 Å². The van der Waals surface area contributed by atoms with Crippen molar-refractivity contribution in [3.8, 4) is 29.0 Å². The lowest BCUT2D eigenvalue weighted by molar-refractivity contribution is -0.141. The molecule has 4 aromatic rings. The Bertz CT molecular complexity index is 1680. The molecular weight excluding hydrogens is 519 g/mol. The normalized spacial score (nSPS) is 14.9. The summed E-state index contributed by atoms with van der Waals surface area (Å²) in [6, 6.07) is 10.1. The minimum absolute atomic E-state index is 0.0599. The third-order valence-electron chi connectivity index (χ3n) is 5.78. The zero-order valence-corrected chi connectivity index (χ0v) is 20.5. The molecule has 0 saturated heterocycles. The van der Waals surface area contributed by atoms with Crippen LogP contribution in [0.1, 0.15) is 41.3 Å². The third kappa shape index (κ3) is 4.90. The van der Waals surface area contributed by atoms with Crippen LogP contribution in [0.4, 0.5) is 13.2 Å². The molecule has 0 spiro atoms. The van der Waals surface area contributed by atoms with Crippen LogP contribution >= 0.6 is 0 Å². The molecule has 1 aliphatic rings. The Kier molecular flexibility index (Phi) is 6.28. The van der Waals surface area contributed by atoms with Crippen LogP contribution in [0.15, 0.2) is 64.9 Å². The summed E-state index contributed by atoms with van der Waals surface area (Å²) >= 11 is 0. The fraction of sp³-hybridized carbons (Fsp3) is 0.200. The first kappa shape index (κ1) is 25.2. The molecule has 38 heavy (non-hydrogen) atoms. The van der Waals surface area contributed by atoms with Crippen molar-refractivity contribution in [1.29, 1.82) is 10.0 Å². The molecule has 4 heterocycles. The van der Waals surface area contributed by atoms with E-state index in [2.05, 4.69) is 25.1 Å². The summed E-state index contributed by atoms with van der Waals surface area (Å²) in [6.07, 6.45) is 0.854. The number of nitriles is 1. The Morgan fingerprint density at radius 2 is 1.95 bits per heavy atom. The molecule has 4 aromatic heterocycles. The molecule has 0 radical (unpaired) electrons. The van der Waals surface area contributed by atoms with Crippen LogP contribution in [-0.2, 0) is 15.9 Å². The number of aryl methyl sites for hydroxylation is 1. The van der Waals surface area contributed by atoms with E-state index in [0.717, 1.165) is 6.07 Å². The van der Waals surface area contributed by atoms with E-state index in [0.29, 0.717) is 18.4 Å². The first-order chi connectivity index (χ1) is 18.1. The highest BCUT2D eigenvalue weighted by atomic mass is 32.2. The van der Waals surface area contributed by atoms with E-state index in [1.807, 2.05) is 6.07 Å². The molecule has 1 aliphatic carbocycles. The van der Waals surface area contributed by atoms with Gasteiger partial charge in [-0.15, -0.1) is 5.10 Å². The highest BCUT2D eigenvalue weighted by molar-refractivity contribution is 7.92. The SMILES string of the molecule is Cc1cc(C(F)(F)F)nc(C2CC2)c1Oc1nc(-c2cncc(C#N)c2)ccc1S(=N)(=O)c1cccnn1. The highest BCUT2D eigenvalue weighted by Gasteiger charge is 2.38.